The fourth-order valence-corrected chi connectivity index (χ4v) is 2.58. The fraction of sp³-hybridized carbons (Fsp3) is 0.176. The highest BCUT2D eigenvalue weighted by Gasteiger charge is 2.40. The van der Waals surface area contributed by atoms with Crippen molar-refractivity contribution in [3.05, 3.63) is 60.2 Å². The van der Waals surface area contributed by atoms with E-state index in [0.717, 1.165) is 5.69 Å². The average Bonchev–Trinajstić information content (AvgIpc) is 2.57. The lowest BCUT2D eigenvalue weighted by Gasteiger charge is -2.32. The Bertz CT molecular complexity index is 700. The number of carbonyl (C=O) groups excluding carboxylic acids is 2. The smallest absolute Gasteiger partial charge is 0.330 e. The minimum Gasteiger partial charge on any atom is -0.467 e. The van der Waals surface area contributed by atoms with Gasteiger partial charge in [0.25, 0.3) is 0 Å². The molecule has 0 bridgehead atoms. The van der Waals surface area contributed by atoms with Gasteiger partial charge in [0.2, 0.25) is 0 Å². The van der Waals surface area contributed by atoms with Gasteiger partial charge in [0.05, 0.1) is 7.11 Å². The minimum absolute atomic E-state index is 0.131. The van der Waals surface area contributed by atoms with Gasteiger partial charge in [-0.1, -0.05) is 30.3 Å². The summed E-state index contributed by atoms with van der Waals surface area (Å²) in [7, 11) is 1.31. The molecular formula is C17H16N2O3. The van der Waals surface area contributed by atoms with Crippen LogP contribution in [0.25, 0.3) is 0 Å². The number of hydrogen-bond donors (Lipinski definition) is 2. The van der Waals surface area contributed by atoms with Gasteiger partial charge in [0.1, 0.15) is 6.04 Å². The van der Waals surface area contributed by atoms with Gasteiger partial charge in [-0.25, -0.2) is 4.79 Å². The molecule has 3 rings (SSSR count). The van der Waals surface area contributed by atoms with Crippen LogP contribution in [0.3, 0.4) is 0 Å². The second kappa shape index (κ2) is 5.89. The van der Waals surface area contributed by atoms with Crippen molar-refractivity contribution >= 4 is 23.1 Å². The number of esters is 1. The van der Waals surface area contributed by atoms with E-state index in [2.05, 4.69) is 10.6 Å². The van der Waals surface area contributed by atoms with Crippen molar-refractivity contribution in [2.75, 3.05) is 17.7 Å². The Morgan fingerprint density at radius 2 is 1.77 bits per heavy atom. The van der Waals surface area contributed by atoms with Crippen LogP contribution in [0.2, 0.25) is 0 Å². The van der Waals surface area contributed by atoms with Crippen LogP contribution in [0.4, 0.5) is 11.4 Å². The van der Waals surface area contributed by atoms with Crippen LogP contribution in [0.5, 0.6) is 0 Å². The highest BCUT2D eigenvalue weighted by Crippen LogP contribution is 2.27. The molecule has 0 amide bonds. The molecule has 0 spiro atoms. The van der Waals surface area contributed by atoms with E-state index in [0.29, 0.717) is 11.3 Å². The van der Waals surface area contributed by atoms with E-state index in [-0.39, 0.29) is 5.78 Å². The lowest BCUT2D eigenvalue weighted by Crippen LogP contribution is -2.53. The van der Waals surface area contributed by atoms with Gasteiger partial charge in [0, 0.05) is 16.9 Å². The normalized spacial score (nSPS) is 19.8. The van der Waals surface area contributed by atoms with E-state index in [1.165, 1.54) is 7.11 Å². The number of fused-ring (bicyclic) bond motifs is 1. The van der Waals surface area contributed by atoms with Gasteiger partial charge in [0.15, 0.2) is 11.8 Å². The van der Waals surface area contributed by atoms with Crippen LogP contribution in [0.15, 0.2) is 54.6 Å². The molecule has 22 heavy (non-hydrogen) atoms. The second-order valence-corrected chi connectivity index (χ2v) is 5.04. The molecule has 5 nitrogen and oxygen atoms in total. The van der Waals surface area contributed by atoms with E-state index < -0.39 is 18.1 Å². The molecule has 0 fully saturated rings. The minimum atomic E-state index is -0.771. The van der Waals surface area contributed by atoms with Gasteiger partial charge >= 0.3 is 5.97 Å². The molecule has 1 heterocycles. The van der Waals surface area contributed by atoms with Crippen LogP contribution in [0.1, 0.15) is 10.4 Å². The first-order chi connectivity index (χ1) is 10.7. The summed E-state index contributed by atoms with van der Waals surface area (Å²) in [4.78, 5) is 24.8. The quantitative estimate of drug-likeness (QED) is 0.851. The Hall–Kier alpha value is -2.82. The zero-order valence-corrected chi connectivity index (χ0v) is 12.1. The summed E-state index contributed by atoms with van der Waals surface area (Å²) in [6.07, 6.45) is 0. The van der Waals surface area contributed by atoms with E-state index in [4.69, 9.17) is 4.74 Å². The number of methoxy groups -OCH3 is 1. The largest absolute Gasteiger partial charge is 0.467 e. The topological polar surface area (TPSA) is 67.4 Å². The first-order valence-corrected chi connectivity index (χ1v) is 7.00. The molecule has 2 N–H and O–H groups in total. The zero-order valence-electron chi connectivity index (χ0n) is 12.1. The maximum absolute atomic E-state index is 12.7. The summed E-state index contributed by atoms with van der Waals surface area (Å²) in [5.41, 5.74) is 1.99. The van der Waals surface area contributed by atoms with Crippen LogP contribution in [0, 0.1) is 0 Å². The maximum atomic E-state index is 12.7. The number of ether oxygens (including phenoxy) is 1. The highest BCUT2D eigenvalue weighted by molar-refractivity contribution is 6.11. The van der Waals surface area contributed by atoms with E-state index in [1.54, 1.807) is 18.2 Å². The Balaban J connectivity index is 1.97. The number of hydrogen-bond acceptors (Lipinski definition) is 5. The highest BCUT2D eigenvalue weighted by atomic mass is 16.5. The Morgan fingerprint density at radius 3 is 2.50 bits per heavy atom. The molecular weight excluding hydrogens is 280 g/mol. The fourth-order valence-electron chi connectivity index (χ4n) is 2.58. The van der Waals surface area contributed by atoms with Crippen molar-refractivity contribution in [2.45, 2.75) is 12.1 Å². The molecule has 2 aromatic rings. The molecule has 1 aliphatic rings. The van der Waals surface area contributed by atoms with Crippen molar-refractivity contribution in [3.63, 3.8) is 0 Å². The monoisotopic (exact) mass is 296 g/mol. The predicted octanol–water partition coefficient (Wildman–Crippen LogP) is 2.32. The maximum Gasteiger partial charge on any atom is 0.330 e. The Morgan fingerprint density at radius 1 is 1.09 bits per heavy atom. The second-order valence-electron chi connectivity index (χ2n) is 5.04. The van der Waals surface area contributed by atoms with Crippen LogP contribution < -0.4 is 10.6 Å². The molecule has 5 heteroatoms. The van der Waals surface area contributed by atoms with Gasteiger partial charge in [-0.2, -0.15) is 0 Å². The Labute approximate surface area is 128 Å². The Kier molecular flexibility index (Phi) is 3.78. The number of carbonyl (C=O) groups is 2. The molecule has 112 valence electrons. The lowest BCUT2D eigenvalue weighted by atomic mass is 9.91. The zero-order chi connectivity index (χ0) is 15.5. The SMILES string of the molecule is COC(=O)C1Nc2ccccc2C(=O)C1Nc1ccccc1. The summed E-state index contributed by atoms with van der Waals surface area (Å²) < 4.78 is 4.83. The van der Waals surface area contributed by atoms with Crippen molar-refractivity contribution < 1.29 is 14.3 Å². The third-order valence-electron chi connectivity index (χ3n) is 3.67. The lowest BCUT2D eigenvalue weighted by molar-refractivity contribution is -0.141. The molecule has 1 aliphatic heterocycles. The van der Waals surface area contributed by atoms with E-state index in [9.17, 15) is 9.59 Å². The molecule has 0 radical (unpaired) electrons. The predicted molar refractivity (Wildman–Crippen MR) is 84.1 cm³/mol. The van der Waals surface area contributed by atoms with Gasteiger partial charge in [-0.3, -0.25) is 4.79 Å². The summed E-state index contributed by atoms with van der Waals surface area (Å²) >= 11 is 0. The molecule has 2 aromatic carbocycles. The van der Waals surface area contributed by atoms with Crippen molar-refractivity contribution in [1.82, 2.24) is 0 Å². The average molecular weight is 296 g/mol. The molecule has 0 aliphatic carbocycles. The first kappa shape index (κ1) is 14.1. The van der Waals surface area contributed by atoms with Crippen LogP contribution in [-0.2, 0) is 9.53 Å². The van der Waals surface area contributed by atoms with Crippen molar-refractivity contribution in [1.29, 1.82) is 0 Å². The summed E-state index contributed by atoms with van der Waals surface area (Å²) in [6, 6.07) is 15.0. The number of Topliss-reactive ketones (excluding diaryl/α,β-unsaturated/α-hetero) is 1. The van der Waals surface area contributed by atoms with E-state index in [1.807, 2.05) is 36.4 Å². The van der Waals surface area contributed by atoms with Crippen molar-refractivity contribution in [2.24, 2.45) is 0 Å². The third kappa shape index (κ3) is 2.53. The standard InChI is InChI=1S/C17H16N2O3/c1-22-17(21)15-14(18-11-7-3-2-4-8-11)16(20)12-9-5-6-10-13(12)19-15/h2-10,14-15,18-19H,1H3. The molecule has 0 saturated heterocycles. The van der Waals surface area contributed by atoms with Crippen LogP contribution in [-0.4, -0.2) is 30.9 Å². The van der Waals surface area contributed by atoms with Gasteiger partial charge in [-0.05, 0) is 24.3 Å². The first-order valence-electron chi connectivity index (χ1n) is 7.00. The van der Waals surface area contributed by atoms with Gasteiger partial charge < -0.3 is 15.4 Å². The number of benzene rings is 2. The summed E-state index contributed by atoms with van der Waals surface area (Å²) in [6.45, 7) is 0. The molecule has 0 aromatic heterocycles. The number of anilines is 2. The number of para-hydroxylation sites is 2. The number of rotatable bonds is 3. The van der Waals surface area contributed by atoms with E-state index >= 15 is 0 Å². The van der Waals surface area contributed by atoms with Crippen molar-refractivity contribution in [3.8, 4) is 0 Å². The third-order valence-corrected chi connectivity index (χ3v) is 3.67. The number of ketones is 1. The number of nitrogens with one attached hydrogen (secondary N) is 2. The molecule has 0 saturated carbocycles. The van der Waals surface area contributed by atoms with Crippen LogP contribution >= 0.6 is 0 Å². The molecule has 2 atom stereocenters. The van der Waals surface area contributed by atoms with Gasteiger partial charge in [-0.15, -0.1) is 0 Å². The molecule has 2 unspecified atom stereocenters. The summed E-state index contributed by atoms with van der Waals surface area (Å²) in [5, 5.41) is 6.21. The summed E-state index contributed by atoms with van der Waals surface area (Å²) in [5.74, 6) is -0.607.